The molecule has 104 valence electrons. The lowest BCUT2D eigenvalue weighted by molar-refractivity contribution is 0.0672. The van der Waals surface area contributed by atoms with Crippen LogP contribution in [0.4, 0.5) is 0 Å². The quantitative estimate of drug-likeness (QED) is 0.910. The van der Waals surface area contributed by atoms with Crippen molar-refractivity contribution in [2.45, 2.75) is 37.8 Å². The third-order valence-electron chi connectivity index (χ3n) is 3.77. The Kier molecular flexibility index (Phi) is 4.71. The molecule has 1 aromatic carbocycles. The minimum Gasteiger partial charge on any atom is -0.337 e. The van der Waals surface area contributed by atoms with Crippen LogP contribution in [0.15, 0.2) is 18.2 Å². The van der Waals surface area contributed by atoms with E-state index >= 15 is 0 Å². The molecule has 0 aromatic heterocycles. The van der Waals surface area contributed by atoms with E-state index in [1.165, 1.54) is 0 Å². The Morgan fingerprint density at radius 1 is 1.26 bits per heavy atom. The minimum absolute atomic E-state index is 0.0547. The molecule has 3 nitrogen and oxygen atoms in total. The molecule has 0 spiro atoms. The number of amides is 1. The number of nitrogens with two attached hydrogens (primary N) is 1. The number of likely N-dealkylation sites (N-methyl/N-ethyl adjacent to an activating group) is 1. The second-order valence-electron chi connectivity index (χ2n) is 5.06. The van der Waals surface area contributed by atoms with Gasteiger partial charge in [-0.3, -0.25) is 4.79 Å². The van der Waals surface area contributed by atoms with Crippen molar-refractivity contribution in [2.24, 2.45) is 5.73 Å². The maximum absolute atomic E-state index is 12.4. The maximum atomic E-state index is 12.4. The molecule has 1 aliphatic rings. The zero-order chi connectivity index (χ0) is 14.0. The summed E-state index contributed by atoms with van der Waals surface area (Å²) in [6, 6.07) is 5.12. The zero-order valence-corrected chi connectivity index (χ0v) is 12.4. The first-order chi connectivity index (χ1) is 9.00. The average molecular weight is 301 g/mol. The molecule has 2 atom stereocenters. The molecule has 0 heterocycles. The molecule has 1 aliphatic carbocycles. The van der Waals surface area contributed by atoms with Gasteiger partial charge in [-0.25, -0.2) is 0 Å². The number of carbonyl (C=O) groups excluding carboxylic acids is 1. The monoisotopic (exact) mass is 300 g/mol. The van der Waals surface area contributed by atoms with Crippen LogP contribution in [-0.4, -0.2) is 29.9 Å². The lowest BCUT2D eigenvalue weighted by Crippen LogP contribution is -2.50. The van der Waals surface area contributed by atoms with Crippen molar-refractivity contribution in [1.82, 2.24) is 4.90 Å². The number of hydrogen-bond donors (Lipinski definition) is 1. The van der Waals surface area contributed by atoms with E-state index in [0.29, 0.717) is 15.6 Å². The van der Waals surface area contributed by atoms with E-state index in [0.717, 1.165) is 25.7 Å². The molecule has 0 unspecified atom stereocenters. The summed E-state index contributed by atoms with van der Waals surface area (Å²) in [6.45, 7) is 0. The highest BCUT2D eigenvalue weighted by Crippen LogP contribution is 2.25. The highest BCUT2D eigenvalue weighted by Gasteiger charge is 2.28. The highest BCUT2D eigenvalue weighted by atomic mass is 35.5. The van der Waals surface area contributed by atoms with Crippen molar-refractivity contribution in [2.75, 3.05) is 7.05 Å². The second-order valence-corrected chi connectivity index (χ2v) is 5.88. The molecule has 1 amide bonds. The largest absolute Gasteiger partial charge is 0.337 e. The molecule has 5 heteroatoms. The maximum Gasteiger partial charge on any atom is 0.253 e. The summed E-state index contributed by atoms with van der Waals surface area (Å²) in [5.41, 5.74) is 6.66. The van der Waals surface area contributed by atoms with Crippen LogP contribution in [-0.2, 0) is 0 Å². The van der Waals surface area contributed by atoms with E-state index < -0.39 is 0 Å². The molecule has 2 rings (SSSR count). The Morgan fingerprint density at radius 3 is 2.58 bits per heavy atom. The van der Waals surface area contributed by atoms with Crippen molar-refractivity contribution >= 4 is 29.1 Å². The highest BCUT2D eigenvalue weighted by molar-refractivity contribution is 6.42. The Balaban J connectivity index is 2.15. The standard InChI is InChI=1S/C14H18Cl2N2O/c1-18(13-5-3-2-4-12(13)17)14(19)9-6-7-10(15)11(16)8-9/h6-8,12-13H,2-5,17H2,1H3/t12-,13-/m0/s1. The molecule has 1 aromatic rings. The Bertz CT molecular complexity index is 479. The fourth-order valence-corrected chi connectivity index (χ4v) is 2.90. The van der Waals surface area contributed by atoms with Crippen LogP contribution in [0.1, 0.15) is 36.0 Å². The number of carbonyl (C=O) groups is 1. The fourth-order valence-electron chi connectivity index (χ4n) is 2.60. The smallest absolute Gasteiger partial charge is 0.253 e. The van der Waals surface area contributed by atoms with Crippen LogP contribution in [0.5, 0.6) is 0 Å². The first kappa shape index (κ1) is 14.6. The fraction of sp³-hybridized carbons (Fsp3) is 0.500. The van der Waals surface area contributed by atoms with Crippen LogP contribution in [0.3, 0.4) is 0 Å². The Morgan fingerprint density at radius 2 is 1.95 bits per heavy atom. The lowest BCUT2D eigenvalue weighted by Gasteiger charge is -2.36. The molecule has 2 N–H and O–H groups in total. The summed E-state index contributed by atoms with van der Waals surface area (Å²) >= 11 is 11.8. The molecule has 0 saturated heterocycles. The van der Waals surface area contributed by atoms with Gasteiger partial charge in [-0.05, 0) is 31.0 Å². The van der Waals surface area contributed by atoms with Gasteiger partial charge in [0.15, 0.2) is 0 Å². The van der Waals surface area contributed by atoms with Gasteiger partial charge in [0.25, 0.3) is 5.91 Å². The van der Waals surface area contributed by atoms with Gasteiger partial charge in [0.2, 0.25) is 0 Å². The van der Waals surface area contributed by atoms with Gasteiger partial charge < -0.3 is 10.6 Å². The Hall–Kier alpha value is -0.770. The van der Waals surface area contributed by atoms with Crippen molar-refractivity contribution < 1.29 is 4.79 Å². The topological polar surface area (TPSA) is 46.3 Å². The van der Waals surface area contributed by atoms with Crippen LogP contribution in [0.25, 0.3) is 0 Å². The van der Waals surface area contributed by atoms with Crippen LogP contribution in [0.2, 0.25) is 10.0 Å². The predicted molar refractivity (Wildman–Crippen MR) is 78.8 cm³/mol. The number of benzene rings is 1. The van der Waals surface area contributed by atoms with Gasteiger partial charge in [-0.15, -0.1) is 0 Å². The van der Waals surface area contributed by atoms with Gasteiger partial charge in [-0.1, -0.05) is 36.0 Å². The summed E-state index contributed by atoms with van der Waals surface area (Å²) in [6.07, 6.45) is 4.21. The third kappa shape index (κ3) is 3.22. The van der Waals surface area contributed by atoms with Gasteiger partial charge in [0.1, 0.15) is 0 Å². The van der Waals surface area contributed by atoms with Gasteiger partial charge in [0, 0.05) is 24.7 Å². The molecule has 19 heavy (non-hydrogen) atoms. The summed E-state index contributed by atoms with van der Waals surface area (Å²) in [4.78, 5) is 14.2. The van der Waals surface area contributed by atoms with Crippen LogP contribution >= 0.6 is 23.2 Å². The van der Waals surface area contributed by atoms with Gasteiger partial charge >= 0.3 is 0 Å². The van der Waals surface area contributed by atoms with Crippen molar-refractivity contribution in [3.05, 3.63) is 33.8 Å². The molecule has 0 radical (unpaired) electrons. The molecular weight excluding hydrogens is 283 g/mol. The number of rotatable bonds is 2. The number of halogens is 2. The third-order valence-corrected chi connectivity index (χ3v) is 4.50. The predicted octanol–water partition coefficient (Wildman–Crippen LogP) is 3.34. The summed E-state index contributed by atoms with van der Waals surface area (Å²) in [7, 11) is 1.81. The summed E-state index contributed by atoms with van der Waals surface area (Å²) in [5, 5.41) is 0.851. The van der Waals surface area contributed by atoms with Crippen molar-refractivity contribution in [1.29, 1.82) is 0 Å². The van der Waals surface area contributed by atoms with Crippen molar-refractivity contribution in [3.63, 3.8) is 0 Å². The van der Waals surface area contributed by atoms with E-state index in [4.69, 9.17) is 28.9 Å². The average Bonchev–Trinajstić information content (AvgIpc) is 2.41. The molecule has 0 aliphatic heterocycles. The molecule has 1 saturated carbocycles. The number of hydrogen-bond acceptors (Lipinski definition) is 2. The molecular formula is C14H18Cl2N2O. The summed E-state index contributed by atoms with van der Waals surface area (Å²) < 4.78 is 0. The SMILES string of the molecule is CN(C(=O)c1ccc(Cl)c(Cl)c1)[C@H]1CCCC[C@@H]1N. The van der Waals surface area contributed by atoms with Gasteiger partial charge in [-0.2, -0.15) is 0 Å². The molecule has 0 bridgehead atoms. The van der Waals surface area contributed by atoms with E-state index in [1.807, 2.05) is 0 Å². The van der Waals surface area contributed by atoms with Crippen LogP contribution < -0.4 is 5.73 Å². The van der Waals surface area contributed by atoms with Crippen LogP contribution in [0, 0.1) is 0 Å². The summed E-state index contributed by atoms with van der Waals surface area (Å²) in [5.74, 6) is -0.0547. The van der Waals surface area contributed by atoms with E-state index in [1.54, 1.807) is 30.1 Å². The minimum atomic E-state index is -0.0547. The first-order valence-electron chi connectivity index (χ1n) is 6.48. The lowest BCUT2D eigenvalue weighted by atomic mass is 9.90. The molecule has 1 fully saturated rings. The van der Waals surface area contributed by atoms with E-state index in [2.05, 4.69) is 0 Å². The number of nitrogens with zero attached hydrogens (tertiary/aromatic N) is 1. The van der Waals surface area contributed by atoms with E-state index in [-0.39, 0.29) is 18.0 Å². The van der Waals surface area contributed by atoms with E-state index in [9.17, 15) is 4.79 Å². The second kappa shape index (κ2) is 6.12. The first-order valence-corrected chi connectivity index (χ1v) is 7.24. The van der Waals surface area contributed by atoms with Gasteiger partial charge in [0.05, 0.1) is 10.0 Å². The van der Waals surface area contributed by atoms with Crippen molar-refractivity contribution in [3.8, 4) is 0 Å². The Labute approximate surface area is 123 Å². The normalized spacial score (nSPS) is 23.2. The zero-order valence-electron chi connectivity index (χ0n) is 10.9.